The van der Waals surface area contributed by atoms with Crippen molar-refractivity contribution < 1.29 is 14.3 Å². The monoisotopic (exact) mass is 417 g/mol. The van der Waals surface area contributed by atoms with Crippen molar-refractivity contribution >= 4 is 34.0 Å². The molecular formula is C19H20BrN3O3. The Labute approximate surface area is 160 Å². The van der Waals surface area contributed by atoms with Crippen LogP contribution in [0.4, 0.5) is 0 Å². The molecule has 2 amide bonds. The van der Waals surface area contributed by atoms with Crippen LogP contribution in [0.5, 0.6) is 5.75 Å². The molecule has 0 aliphatic carbocycles. The summed E-state index contributed by atoms with van der Waals surface area (Å²) < 4.78 is 6.15. The van der Waals surface area contributed by atoms with Crippen LogP contribution in [0.1, 0.15) is 29.8 Å². The Kier molecular flexibility index (Phi) is 7.35. The van der Waals surface area contributed by atoms with Crippen molar-refractivity contribution in [1.29, 1.82) is 0 Å². The Morgan fingerprint density at radius 2 is 1.88 bits per heavy atom. The van der Waals surface area contributed by atoms with Crippen LogP contribution in [-0.2, 0) is 4.79 Å². The number of hydrogen-bond donors (Lipinski definition) is 2. The summed E-state index contributed by atoms with van der Waals surface area (Å²) in [6.45, 7) is 4.02. The predicted octanol–water partition coefficient (Wildman–Crippen LogP) is 3.12. The molecule has 0 saturated carbocycles. The second-order valence-corrected chi connectivity index (χ2v) is 6.23. The minimum absolute atomic E-state index is 0.342. The van der Waals surface area contributed by atoms with Gasteiger partial charge >= 0.3 is 0 Å². The standard InChI is InChI=1S/C19H20BrN3O3/c1-3-26-17-11-7-4-8-14(17)12-21-23-18(24)13(2)22-19(25)15-9-5-6-10-16(15)20/h4-13H,3H2,1-2H3,(H,22,25)(H,23,24). The third-order valence-corrected chi connectivity index (χ3v) is 4.15. The average Bonchev–Trinajstić information content (AvgIpc) is 2.63. The lowest BCUT2D eigenvalue weighted by Crippen LogP contribution is -2.43. The minimum Gasteiger partial charge on any atom is -0.493 e. The first-order chi connectivity index (χ1) is 12.5. The molecular weight excluding hydrogens is 398 g/mol. The van der Waals surface area contributed by atoms with Gasteiger partial charge in [-0.2, -0.15) is 5.10 Å². The van der Waals surface area contributed by atoms with E-state index in [1.54, 1.807) is 25.1 Å². The Bertz CT molecular complexity index is 808. The van der Waals surface area contributed by atoms with E-state index >= 15 is 0 Å². The van der Waals surface area contributed by atoms with E-state index in [1.165, 1.54) is 6.21 Å². The predicted molar refractivity (Wildman–Crippen MR) is 104 cm³/mol. The van der Waals surface area contributed by atoms with Crippen molar-refractivity contribution in [2.24, 2.45) is 5.10 Å². The van der Waals surface area contributed by atoms with Gasteiger partial charge in [-0.3, -0.25) is 9.59 Å². The molecule has 0 bridgehead atoms. The first-order valence-electron chi connectivity index (χ1n) is 8.13. The largest absolute Gasteiger partial charge is 0.493 e. The summed E-state index contributed by atoms with van der Waals surface area (Å²) in [6, 6.07) is 13.6. The summed E-state index contributed by atoms with van der Waals surface area (Å²) in [6.07, 6.45) is 1.51. The average molecular weight is 418 g/mol. The highest BCUT2D eigenvalue weighted by Gasteiger charge is 2.17. The van der Waals surface area contributed by atoms with Gasteiger partial charge in [0.05, 0.1) is 18.4 Å². The van der Waals surface area contributed by atoms with E-state index in [9.17, 15) is 9.59 Å². The molecule has 6 nitrogen and oxygen atoms in total. The van der Waals surface area contributed by atoms with Crippen molar-refractivity contribution in [3.63, 3.8) is 0 Å². The maximum absolute atomic E-state index is 12.2. The molecule has 1 unspecified atom stereocenters. The Balaban J connectivity index is 1.93. The van der Waals surface area contributed by atoms with Crippen LogP contribution in [-0.4, -0.2) is 30.7 Å². The number of halogens is 1. The molecule has 2 aromatic rings. The zero-order valence-electron chi connectivity index (χ0n) is 14.5. The Morgan fingerprint density at radius 3 is 2.62 bits per heavy atom. The van der Waals surface area contributed by atoms with Gasteiger partial charge in [-0.1, -0.05) is 24.3 Å². The Morgan fingerprint density at radius 1 is 1.19 bits per heavy atom. The molecule has 0 aliphatic rings. The van der Waals surface area contributed by atoms with E-state index in [1.807, 2.05) is 37.3 Å². The fourth-order valence-corrected chi connectivity index (χ4v) is 2.59. The van der Waals surface area contributed by atoms with Crippen LogP contribution in [0.25, 0.3) is 0 Å². The molecule has 0 heterocycles. The van der Waals surface area contributed by atoms with E-state index in [4.69, 9.17) is 4.74 Å². The molecule has 0 spiro atoms. The third kappa shape index (κ3) is 5.42. The molecule has 7 heteroatoms. The number of benzene rings is 2. The van der Waals surface area contributed by atoms with Gasteiger partial charge in [0, 0.05) is 10.0 Å². The van der Waals surface area contributed by atoms with Gasteiger partial charge in [0.15, 0.2) is 0 Å². The zero-order valence-corrected chi connectivity index (χ0v) is 16.1. The lowest BCUT2D eigenvalue weighted by atomic mass is 10.2. The molecule has 2 rings (SSSR count). The number of carbonyl (C=O) groups excluding carboxylic acids is 2. The summed E-state index contributed by atoms with van der Waals surface area (Å²) in [7, 11) is 0. The molecule has 0 radical (unpaired) electrons. The molecule has 2 N–H and O–H groups in total. The zero-order chi connectivity index (χ0) is 18.9. The van der Waals surface area contributed by atoms with Gasteiger partial charge in [-0.05, 0) is 54.0 Å². The maximum Gasteiger partial charge on any atom is 0.262 e. The molecule has 136 valence electrons. The van der Waals surface area contributed by atoms with Crippen LogP contribution >= 0.6 is 15.9 Å². The number of carbonyl (C=O) groups is 2. The number of rotatable bonds is 7. The molecule has 26 heavy (non-hydrogen) atoms. The van der Waals surface area contributed by atoms with E-state index in [0.29, 0.717) is 22.4 Å². The summed E-state index contributed by atoms with van der Waals surface area (Å²) in [5, 5.41) is 6.58. The number of amides is 2. The fraction of sp³-hybridized carbons (Fsp3) is 0.211. The van der Waals surface area contributed by atoms with E-state index in [2.05, 4.69) is 31.8 Å². The number of nitrogens with zero attached hydrogens (tertiary/aromatic N) is 1. The highest BCUT2D eigenvalue weighted by molar-refractivity contribution is 9.10. The summed E-state index contributed by atoms with van der Waals surface area (Å²) >= 11 is 3.31. The molecule has 0 aromatic heterocycles. The van der Waals surface area contributed by atoms with Gasteiger partial charge in [-0.15, -0.1) is 0 Å². The van der Waals surface area contributed by atoms with Gasteiger partial charge < -0.3 is 10.1 Å². The van der Waals surface area contributed by atoms with Gasteiger partial charge in [0.2, 0.25) is 0 Å². The summed E-state index contributed by atoms with van der Waals surface area (Å²) in [5.41, 5.74) is 3.63. The fourth-order valence-electron chi connectivity index (χ4n) is 2.12. The topological polar surface area (TPSA) is 79.8 Å². The van der Waals surface area contributed by atoms with Crippen LogP contribution in [0.2, 0.25) is 0 Å². The van der Waals surface area contributed by atoms with E-state index < -0.39 is 11.9 Å². The lowest BCUT2D eigenvalue weighted by Gasteiger charge is -2.13. The smallest absolute Gasteiger partial charge is 0.262 e. The number of nitrogens with one attached hydrogen (secondary N) is 2. The van der Waals surface area contributed by atoms with E-state index in [-0.39, 0.29) is 5.91 Å². The van der Waals surface area contributed by atoms with Crippen molar-refractivity contribution in [2.75, 3.05) is 6.61 Å². The first kappa shape index (κ1) is 19.7. The van der Waals surface area contributed by atoms with Gasteiger partial charge in [0.1, 0.15) is 11.8 Å². The van der Waals surface area contributed by atoms with E-state index in [0.717, 1.165) is 5.56 Å². The molecule has 2 aromatic carbocycles. The SMILES string of the molecule is CCOc1ccccc1C=NNC(=O)C(C)NC(=O)c1ccccc1Br. The molecule has 1 atom stereocenters. The van der Waals surface area contributed by atoms with Crippen LogP contribution in [0, 0.1) is 0 Å². The molecule has 0 saturated heterocycles. The third-order valence-electron chi connectivity index (χ3n) is 3.46. The maximum atomic E-state index is 12.2. The lowest BCUT2D eigenvalue weighted by molar-refractivity contribution is -0.122. The summed E-state index contributed by atoms with van der Waals surface area (Å²) in [5.74, 6) is -0.0791. The first-order valence-corrected chi connectivity index (χ1v) is 8.92. The number of para-hydroxylation sites is 1. The second kappa shape index (κ2) is 9.72. The van der Waals surface area contributed by atoms with Gasteiger partial charge in [-0.25, -0.2) is 5.43 Å². The van der Waals surface area contributed by atoms with Crippen LogP contribution < -0.4 is 15.5 Å². The molecule has 0 aliphatic heterocycles. The molecule has 0 fully saturated rings. The number of ether oxygens (including phenoxy) is 1. The normalized spacial score (nSPS) is 11.8. The van der Waals surface area contributed by atoms with Gasteiger partial charge in [0.25, 0.3) is 11.8 Å². The van der Waals surface area contributed by atoms with Crippen LogP contribution in [0.15, 0.2) is 58.1 Å². The number of hydrazone groups is 1. The van der Waals surface area contributed by atoms with Crippen molar-refractivity contribution in [2.45, 2.75) is 19.9 Å². The van der Waals surface area contributed by atoms with Crippen LogP contribution in [0.3, 0.4) is 0 Å². The van der Waals surface area contributed by atoms with Crippen molar-refractivity contribution in [3.8, 4) is 5.75 Å². The highest BCUT2D eigenvalue weighted by Crippen LogP contribution is 2.16. The second-order valence-electron chi connectivity index (χ2n) is 5.38. The Hall–Kier alpha value is -2.67. The summed E-state index contributed by atoms with van der Waals surface area (Å²) in [4.78, 5) is 24.3. The number of hydrogen-bond acceptors (Lipinski definition) is 4. The minimum atomic E-state index is -0.742. The van der Waals surface area contributed by atoms with Crippen molar-refractivity contribution in [1.82, 2.24) is 10.7 Å². The highest BCUT2D eigenvalue weighted by atomic mass is 79.9. The van der Waals surface area contributed by atoms with Crippen molar-refractivity contribution in [3.05, 3.63) is 64.1 Å². The quantitative estimate of drug-likeness (QED) is 0.536.